The average Bonchev–Trinajstić information content (AvgIpc) is 2.50. The number of hydrogen-bond donors (Lipinski definition) is 2. The number of nitrogens with two attached hydrogens (primary N) is 1. The highest BCUT2D eigenvalue weighted by atomic mass is 35.5. The van der Waals surface area contributed by atoms with Crippen molar-refractivity contribution < 1.29 is 4.79 Å². The summed E-state index contributed by atoms with van der Waals surface area (Å²) in [4.78, 5) is 10.7. The third-order valence-electron chi connectivity index (χ3n) is 3.28. The summed E-state index contributed by atoms with van der Waals surface area (Å²) in [5.41, 5.74) is 8.12. The van der Waals surface area contributed by atoms with E-state index in [1.807, 2.05) is 48.5 Å². The highest BCUT2D eigenvalue weighted by Gasteiger charge is 2.10. The number of nitrogens with zero attached hydrogens (tertiary/aromatic N) is 1. The first-order chi connectivity index (χ1) is 10.2. The summed E-state index contributed by atoms with van der Waals surface area (Å²) in [5, 5.41) is 8.41. The molecule has 21 heavy (non-hydrogen) atoms. The van der Waals surface area contributed by atoms with Crippen LogP contribution in [0.15, 0.2) is 53.6 Å². The predicted molar refractivity (Wildman–Crippen MR) is 86.8 cm³/mol. The van der Waals surface area contributed by atoms with Crippen LogP contribution >= 0.6 is 11.6 Å². The molecule has 5 heteroatoms. The van der Waals surface area contributed by atoms with Crippen LogP contribution in [-0.4, -0.2) is 12.2 Å². The van der Waals surface area contributed by atoms with Gasteiger partial charge in [0.1, 0.15) is 0 Å². The van der Waals surface area contributed by atoms with Gasteiger partial charge in [0.25, 0.3) is 0 Å². The van der Waals surface area contributed by atoms with E-state index in [1.165, 1.54) is 0 Å². The summed E-state index contributed by atoms with van der Waals surface area (Å²) in [6.45, 7) is 0. The summed E-state index contributed by atoms with van der Waals surface area (Å²) in [5.74, 6) is 0. The summed E-state index contributed by atoms with van der Waals surface area (Å²) < 4.78 is 0. The largest absolute Gasteiger partial charge is 0.350 e. The summed E-state index contributed by atoms with van der Waals surface area (Å²) in [6.07, 6.45) is 1.59. The van der Waals surface area contributed by atoms with Crippen LogP contribution in [0.25, 0.3) is 21.5 Å². The molecule has 104 valence electrons. The maximum absolute atomic E-state index is 10.7. The van der Waals surface area contributed by atoms with Crippen molar-refractivity contribution in [2.24, 2.45) is 10.8 Å². The molecule has 0 unspecified atom stereocenters. The van der Waals surface area contributed by atoms with Crippen molar-refractivity contribution in [1.82, 2.24) is 5.43 Å². The molecule has 0 aliphatic heterocycles. The first-order valence-electron chi connectivity index (χ1n) is 6.36. The van der Waals surface area contributed by atoms with Crippen molar-refractivity contribution in [3.05, 3.63) is 59.1 Å². The number of amides is 2. The van der Waals surface area contributed by atoms with Gasteiger partial charge in [-0.15, -0.1) is 0 Å². The molecule has 3 rings (SSSR count). The molecule has 3 aromatic carbocycles. The number of hydrogen-bond acceptors (Lipinski definition) is 2. The molecule has 0 bridgehead atoms. The van der Waals surface area contributed by atoms with Crippen molar-refractivity contribution in [2.75, 3.05) is 0 Å². The van der Waals surface area contributed by atoms with Gasteiger partial charge < -0.3 is 5.73 Å². The second-order valence-corrected chi connectivity index (χ2v) is 4.93. The lowest BCUT2D eigenvalue weighted by Gasteiger charge is -2.10. The lowest BCUT2D eigenvalue weighted by Crippen LogP contribution is -2.24. The number of nitrogens with one attached hydrogen (secondary N) is 1. The summed E-state index contributed by atoms with van der Waals surface area (Å²) in [6, 6.07) is 14.9. The number of carbonyl (C=O) groups excluding carboxylic acids is 1. The Balaban J connectivity index is 2.34. The number of primary amides is 1. The Morgan fingerprint density at radius 2 is 1.48 bits per heavy atom. The fourth-order valence-electron chi connectivity index (χ4n) is 2.41. The number of rotatable bonds is 2. The van der Waals surface area contributed by atoms with Gasteiger partial charge in [-0.2, -0.15) is 5.10 Å². The first-order valence-corrected chi connectivity index (χ1v) is 6.73. The molecule has 0 atom stereocenters. The van der Waals surface area contributed by atoms with Crippen molar-refractivity contribution in [2.45, 2.75) is 0 Å². The van der Waals surface area contributed by atoms with Crippen LogP contribution in [0.1, 0.15) is 5.56 Å². The summed E-state index contributed by atoms with van der Waals surface area (Å²) in [7, 11) is 0. The zero-order valence-corrected chi connectivity index (χ0v) is 11.8. The third-order valence-corrected chi connectivity index (χ3v) is 3.68. The second kappa shape index (κ2) is 5.42. The van der Waals surface area contributed by atoms with E-state index in [0.717, 1.165) is 27.1 Å². The fraction of sp³-hybridized carbons (Fsp3) is 0. The minimum absolute atomic E-state index is 0.700. The fourth-order valence-corrected chi connectivity index (χ4v) is 2.74. The van der Waals surface area contributed by atoms with E-state index < -0.39 is 6.03 Å². The van der Waals surface area contributed by atoms with Gasteiger partial charge in [0, 0.05) is 16.3 Å². The monoisotopic (exact) mass is 297 g/mol. The maximum atomic E-state index is 10.7. The van der Waals surface area contributed by atoms with E-state index >= 15 is 0 Å². The summed E-state index contributed by atoms with van der Waals surface area (Å²) >= 11 is 6.50. The molecule has 0 aliphatic carbocycles. The molecule has 0 aliphatic rings. The Kier molecular flexibility index (Phi) is 3.46. The quantitative estimate of drug-likeness (QED) is 0.423. The van der Waals surface area contributed by atoms with E-state index in [-0.39, 0.29) is 0 Å². The van der Waals surface area contributed by atoms with Gasteiger partial charge in [-0.05, 0) is 10.8 Å². The number of halogens is 1. The van der Waals surface area contributed by atoms with Crippen LogP contribution in [0.3, 0.4) is 0 Å². The predicted octanol–water partition coefficient (Wildman–Crippen LogP) is 3.65. The SMILES string of the molecule is NC(=O)N/N=C/c1c2ccccc2c(Cl)c2ccccc12. The topological polar surface area (TPSA) is 67.5 Å². The van der Waals surface area contributed by atoms with E-state index in [4.69, 9.17) is 17.3 Å². The van der Waals surface area contributed by atoms with Crippen LogP contribution in [-0.2, 0) is 0 Å². The molecule has 0 radical (unpaired) electrons. The van der Waals surface area contributed by atoms with Gasteiger partial charge in [0.05, 0.1) is 11.2 Å². The third kappa shape index (κ3) is 2.41. The Morgan fingerprint density at radius 1 is 1.00 bits per heavy atom. The molecule has 2 amide bonds. The van der Waals surface area contributed by atoms with Crippen LogP contribution in [0.4, 0.5) is 4.79 Å². The van der Waals surface area contributed by atoms with Gasteiger partial charge in [0.15, 0.2) is 0 Å². The lowest BCUT2D eigenvalue weighted by molar-refractivity contribution is 0.249. The zero-order valence-electron chi connectivity index (χ0n) is 11.0. The van der Waals surface area contributed by atoms with Crippen molar-refractivity contribution in [3.63, 3.8) is 0 Å². The minimum atomic E-state index is -0.700. The molecular weight excluding hydrogens is 286 g/mol. The minimum Gasteiger partial charge on any atom is -0.350 e. The van der Waals surface area contributed by atoms with Crippen LogP contribution < -0.4 is 11.2 Å². The second-order valence-electron chi connectivity index (χ2n) is 4.55. The number of carbonyl (C=O) groups is 1. The molecule has 3 aromatic rings. The Bertz CT molecular complexity index is 817. The van der Waals surface area contributed by atoms with E-state index in [1.54, 1.807) is 6.21 Å². The highest BCUT2D eigenvalue weighted by molar-refractivity contribution is 6.42. The molecule has 0 heterocycles. The molecule has 0 fully saturated rings. The lowest BCUT2D eigenvalue weighted by atomic mass is 9.97. The normalized spacial score (nSPS) is 11.3. The standard InChI is InChI=1S/C16H12ClN3O/c17-15-12-7-3-1-5-10(12)14(9-19-20-16(18)21)11-6-2-4-8-13(11)15/h1-9H,(H3,18,20,21)/b19-9+. The number of fused-ring (bicyclic) bond motifs is 2. The number of benzene rings is 3. The first kappa shape index (κ1) is 13.4. The van der Waals surface area contributed by atoms with Crippen molar-refractivity contribution >= 4 is 45.4 Å². The molecule has 4 nitrogen and oxygen atoms in total. The van der Waals surface area contributed by atoms with Crippen LogP contribution in [0.2, 0.25) is 5.02 Å². The molecule has 0 spiro atoms. The number of urea groups is 1. The van der Waals surface area contributed by atoms with Crippen LogP contribution in [0.5, 0.6) is 0 Å². The molecule has 0 saturated heterocycles. The van der Waals surface area contributed by atoms with Crippen molar-refractivity contribution in [1.29, 1.82) is 0 Å². The molecule has 0 aromatic heterocycles. The molecule has 3 N–H and O–H groups in total. The number of hydrazone groups is 1. The van der Waals surface area contributed by atoms with Gasteiger partial charge in [-0.3, -0.25) is 0 Å². The highest BCUT2D eigenvalue weighted by Crippen LogP contribution is 2.35. The van der Waals surface area contributed by atoms with Gasteiger partial charge >= 0.3 is 6.03 Å². The Hall–Kier alpha value is -2.59. The van der Waals surface area contributed by atoms with Gasteiger partial charge in [0.2, 0.25) is 0 Å². The average molecular weight is 298 g/mol. The van der Waals surface area contributed by atoms with Crippen molar-refractivity contribution in [3.8, 4) is 0 Å². The smallest absolute Gasteiger partial charge is 0.332 e. The Morgan fingerprint density at radius 3 is 1.95 bits per heavy atom. The van der Waals surface area contributed by atoms with Gasteiger partial charge in [-0.25, -0.2) is 10.2 Å². The van der Waals surface area contributed by atoms with Crippen LogP contribution in [0, 0.1) is 0 Å². The molecular formula is C16H12ClN3O. The van der Waals surface area contributed by atoms with E-state index in [2.05, 4.69) is 10.5 Å². The van der Waals surface area contributed by atoms with Gasteiger partial charge in [-0.1, -0.05) is 60.1 Å². The Labute approximate surface area is 126 Å². The molecule has 0 saturated carbocycles. The maximum Gasteiger partial charge on any atom is 0.332 e. The van der Waals surface area contributed by atoms with E-state index in [9.17, 15) is 4.79 Å². The zero-order chi connectivity index (χ0) is 14.8. The van der Waals surface area contributed by atoms with E-state index in [0.29, 0.717) is 5.02 Å².